The molecule has 168 valence electrons. The summed E-state index contributed by atoms with van der Waals surface area (Å²) in [5, 5.41) is 3.46. The summed E-state index contributed by atoms with van der Waals surface area (Å²) >= 11 is 6.00. The minimum Gasteiger partial charge on any atom is -0.483 e. The lowest BCUT2D eigenvalue weighted by Gasteiger charge is -2.31. The fourth-order valence-electron chi connectivity index (χ4n) is 3.43. The van der Waals surface area contributed by atoms with Gasteiger partial charge in [-0.15, -0.1) is 0 Å². The van der Waals surface area contributed by atoms with Crippen LogP contribution in [0.25, 0.3) is 0 Å². The second-order valence-corrected chi connectivity index (χ2v) is 8.94. The molecular weight excluding hydrogens is 412 g/mol. The monoisotopic (exact) mass is 444 g/mol. The van der Waals surface area contributed by atoms with Crippen molar-refractivity contribution in [2.75, 3.05) is 13.2 Å². The smallest absolute Gasteiger partial charge is 0.261 e. The Bertz CT molecular complexity index is 875. The summed E-state index contributed by atoms with van der Waals surface area (Å²) < 4.78 is 5.95. The van der Waals surface area contributed by atoms with E-state index in [1.54, 1.807) is 17.0 Å². The van der Waals surface area contributed by atoms with Gasteiger partial charge < -0.3 is 15.0 Å². The van der Waals surface area contributed by atoms with Crippen molar-refractivity contribution in [2.45, 2.75) is 59.0 Å². The van der Waals surface area contributed by atoms with Gasteiger partial charge in [0.25, 0.3) is 5.91 Å². The number of rotatable bonds is 9. The predicted octanol–water partition coefficient (Wildman–Crippen LogP) is 4.96. The van der Waals surface area contributed by atoms with Crippen LogP contribution in [0.5, 0.6) is 5.75 Å². The van der Waals surface area contributed by atoms with Crippen molar-refractivity contribution >= 4 is 23.4 Å². The number of likely N-dealkylation sites (N-methyl/N-ethyl adjacent to an activating group) is 1. The molecule has 0 aliphatic carbocycles. The lowest BCUT2D eigenvalue weighted by Crippen LogP contribution is -2.50. The Labute approximate surface area is 190 Å². The molecule has 2 aromatic carbocycles. The fraction of sp³-hybridized carbons (Fsp3) is 0.440. The van der Waals surface area contributed by atoms with Crippen molar-refractivity contribution in [1.82, 2.24) is 10.2 Å². The zero-order chi connectivity index (χ0) is 23.0. The van der Waals surface area contributed by atoms with Gasteiger partial charge in [-0.25, -0.2) is 0 Å². The predicted molar refractivity (Wildman–Crippen MR) is 125 cm³/mol. The lowest BCUT2D eigenvalue weighted by atomic mass is 9.86. The van der Waals surface area contributed by atoms with Gasteiger partial charge in [-0.05, 0) is 48.1 Å². The number of hydrogen-bond acceptors (Lipinski definition) is 3. The van der Waals surface area contributed by atoms with Crippen LogP contribution in [0.1, 0.15) is 52.2 Å². The Morgan fingerprint density at radius 2 is 1.71 bits per heavy atom. The molecule has 0 fully saturated rings. The fourth-order valence-corrected chi connectivity index (χ4v) is 3.56. The molecule has 0 aliphatic heterocycles. The van der Waals surface area contributed by atoms with Crippen molar-refractivity contribution < 1.29 is 14.3 Å². The number of amides is 2. The molecule has 1 unspecified atom stereocenters. The van der Waals surface area contributed by atoms with E-state index in [9.17, 15) is 9.59 Å². The maximum absolute atomic E-state index is 13.3. The average molecular weight is 445 g/mol. The van der Waals surface area contributed by atoms with Gasteiger partial charge in [-0.3, -0.25) is 9.59 Å². The lowest BCUT2D eigenvalue weighted by molar-refractivity contribution is -0.142. The molecule has 2 amide bonds. The van der Waals surface area contributed by atoms with Crippen molar-refractivity contribution in [1.29, 1.82) is 0 Å². The number of para-hydroxylation sites is 1. The second kappa shape index (κ2) is 11.2. The third kappa shape index (κ3) is 7.00. The van der Waals surface area contributed by atoms with E-state index in [0.717, 1.165) is 11.1 Å². The van der Waals surface area contributed by atoms with Crippen LogP contribution in [0.4, 0.5) is 0 Å². The molecule has 0 radical (unpaired) electrons. The molecule has 6 heteroatoms. The number of nitrogens with one attached hydrogen (secondary N) is 1. The Morgan fingerprint density at radius 3 is 2.29 bits per heavy atom. The molecule has 0 aromatic heterocycles. The highest BCUT2D eigenvalue weighted by Crippen LogP contribution is 2.31. The SMILES string of the molecule is CCNC(=O)C(CC)N(Cc1ccc(Cl)cc1)C(=O)COc1ccccc1C(C)(C)C. The van der Waals surface area contributed by atoms with Gasteiger partial charge in [0.05, 0.1) is 0 Å². The van der Waals surface area contributed by atoms with Crippen LogP contribution in [0.15, 0.2) is 48.5 Å². The molecule has 0 saturated carbocycles. The van der Waals surface area contributed by atoms with Crippen LogP contribution < -0.4 is 10.1 Å². The molecule has 0 aliphatic rings. The van der Waals surface area contributed by atoms with Crippen molar-refractivity contribution in [3.8, 4) is 5.75 Å². The largest absolute Gasteiger partial charge is 0.483 e. The van der Waals surface area contributed by atoms with E-state index in [4.69, 9.17) is 16.3 Å². The Balaban J connectivity index is 2.25. The Morgan fingerprint density at radius 1 is 1.06 bits per heavy atom. The summed E-state index contributed by atoms with van der Waals surface area (Å²) in [5.74, 6) is 0.278. The van der Waals surface area contributed by atoms with Crippen molar-refractivity contribution in [3.05, 3.63) is 64.7 Å². The quantitative estimate of drug-likeness (QED) is 0.594. The van der Waals surface area contributed by atoms with E-state index in [-0.39, 0.29) is 23.8 Å². The van der Waals surface area contributed by atoms with Crippen LogP contribution in [-0.4, -0.2) is 35.9 Å². The highest BCUT2D eigenvalue weighted by molar-refractivity contribution is 6.30. The van der Waals surface area contributed by atoms with Gasteiger partial charge in [-0.1, -0.05) is 69.6 Å². The summed E-state index contributed by atoms with van der Waals surface area (Å²) in [6, 6.07) is 14.4. The summed E-state index contributed by atoms with van der Waals surface area (Å²) in [4.78, 5) is 27.5. The zero-order valence-electron chi connectivity index (χ0n) is 19.1. The highest BCUT2D eigenvalue weighted by Gasteiger charge is 2.29. The van der Waals surface area contributed by atoms with Gasteiger partial charge >= 0.3 is 0 Å². The molecule has 31 heavy (non-hydrogen) atoms. The number of benzene rings is 2. The molecule has 1 N–H and O–H groups in total. The summed E-state index contributed by atoms with van der Waals surface area (Å²) in [6.45, 7) is 10.7. The Hall–Kier alpha value is -2.53. The van der Waals surface area contributed by atoms with E-state index < -0.39 is 6.04 Å². The standard InChI is InChI=1S/C25H33ClN2O3/c1-6-21(24(30)27-7-2)28(16-18-12-14-19(26)15-13-18)23(29)17-31-22-11-9-8-10-20(22)25(3,4)5/h8-15,21H,6-7,16-17H2,1-5H3,(H,27,30). The summed E-state index contributed by atoms with van der Waals surface area (Å²) in [6.07, 6.45) is 0.504. The number of ether oxygens (including phenoxy) is 1. The summed E-state index contributed by atoms with van der Waals surface area (Å²) in [7, 11) is 0. The maximum atomic E-state index is 13.3. The number of carbonyl (C=O) groups is 2. The number of hydrogen-bond donors (Lipinski definition) is 1. The molecule has 2 aromatic rings. The number of halogens is 1. The third-order valence-corrected chi connectivity index (χ3v) is 5.30. The summed E-state index contributed by atoms with van der Waals surface area (Å²) in [5.41, 5.74) is 1.81. The molecule has 0 spiro atoms. The highest BCUT2D eigenvalue weighted by atomic mass is 35.5. The zero-order valence-corrected chi connectivity index (χ0v) is 19.8. The van der Waals surface area contributed by atoms with E-state index in [0.29, 0.717) is 30.3 Å². The van der Waals surface area contributed by atoms with Crippen LogP contribution in [-0.2, 0) is 21.5 Å². The maximum Gasteiger partial charge on any atom is 0.261 e. The molecule has 0 saturated heterocycles. The normalized spacial score (nSPS) is 12.2. The van der Waals surface area contributed by atoms with Crippen molar-refractivity contribution in [3.63, 3.8) is 0 Å². The number of carbonyl (C=O) groups excluding carboxylic acids is 2. The van der Waals surface area contributed by atoms with Crippen LogP contribution in [0.2, 0.25) is 5.02 Å². The van der Waals surface area contributed by atoms with Gasteiger partial charge in [0.15, 0.2) is 6.61 Å². The first kappa shape index (κ1) is 24.7. The van der Waals surface area contributed by atoms with Gasteiger partial charge in [0.2, 0.25) is 5.91 Å². The molecule has 2 rings (SSSR count). The first-order valence-electron chi connectivity index (χ1n) is 10.7. The van der Waals surface area contributed by atoms with E-state index in [2.05, 4.69) is 26.1 Å². The molecule has 0 heterocycles. The first-order chi connectivity index (χ1) is 14.7. The van der Waals surface area contributed by atoms with E-state index in [1.807, 2.05) is 50.2 Å². The third-order valence-electron chi connectivity index (χ3n) is 5.05. The van der Waals surface area contributed by atoms with Crippen molar-refractivity contribution in [2.24, 2.45) is 0 Å². The molecule has 0 bridgehead atoms. The van der Waals surface area contributed by atoms with Crippen LogP contribution in [0.3, 0.4) is 0 Å². The van der Waals surface area contributed by atoms with Crippen LogP contribution >= 0.6 is 11.6 Å². The number of nitrogens with zero attached hydrogens (tertiary/aromatic N) is 1. The molecular formula is C25H33ClN2O3. The van der Waals surface area contributed by atoms with Gasteiger partial charge in [0, 0.05) is 18.1 Å². The topological polar surface area (TPSA) is 58.6 Å². The van der Waals surface area contributed by atoms with Crippen LogP contribution in [0, 0.1) is 0 Å². The van der Waals surface area contributed by atoms with E-state index >= 15 is 0 Å². The average Bonchev–Trinajstić information content (AvgIpc) is 2.73. The minimum absolute atomic E-state index is 0.115. The molecule has 5 nitrogen and oxygen atoms in total. The van der Waals surface area contributed by atoms with Gasteiger partial charge in [0.1, 0.15) is 11.8 Å². The molecule has 1 atom stereocenters. The van der Waals surface area contributed by atoms with Gasteiger partial charge in [-0.2, -0.15) is 0 Å². The Kier molecular flexibility index (Phi) is 8.93. The minimum atomic E-state index is -0.579. The first-order valence-corrected chi connectivity index (χ1v) is 11.1. The second-order valence-electron chi connectivity index (χ2n) is 8.50. The van der Waals surface area contributed by atoms with E-state index in [1.165, 1.54) is 0 Å².